The van der Waals surface area contributed by atoms with E-state index in [4.69, 9.17) is 5.11 Å². The van der Waals surface area contributed by atoms with Crippen LogP contribution in [-0.4, -0.2) is 11.5 Å². The molecule has 0 fully saturated rings. The van der Waals surface area contributed by atoms with Crippen LogP contribution >= 0.6 is 0 Å². The topological polar surface area (TPSA) is 29.5 Å². The van der Waals surface area contributed by atoms with Crippen LogP contribution in [-0.2, 0) is 6.61 Å². The van der Waals surface area contributed by atoms with Gasteiger partial charge in [-0.2, -0.15) is 0 Å². The zero-order valence-electron chi connectivity index (χ0n) is 6.43. The third-order valence-corrected chi connectivity index (χ3v) is 1.24. The summed E-state index contributed by atoms with van der Waals surface area (Å²) in [4.78, 5) is 0. The van der Waals surface area contributed by atoms with E-state index < -0.39 is 6.36 Å². The van der Waals surface area contributed by atoms with Crippen LogP contribution in [0.2, 0.25) is 0 Å². The molecule has 0 unspecified atom stereocenters. The highest BCUT2D eigenvalue weighted by molar-refractivity contribution is 5.27. The number of aliphatic hydroxyl groups is 1. The van der Waals surface area contributed by atoms with Gasteiger partial charge in [0, 0.05) is 0 Å². The lowest BCUT2D eigenvalue weighted by atomic mass is 10.2. The van der Waals surface area contributed by atoms with Crippen molar-refractivity contribution in [1.82, 2.24) is 0 Å². The lowest BCUT2D eigenvalue weighted by Gasteiger charge is -2.08. The number of rotatable bonds is 2. The molecule has 0 saturated heterocycles. The summed E-state index contributed by atoms with van der Waals surface area (Å²) >= 11 is 0. The summed E-state index contributed by atoms with van der Waals surface area (Å²) in [5, 5.41) is 8.59. The average Bonchev–Trinajstić information content (AvgIpc) is 2.01. The summed E-state index contributed by atoms with van der Waals surface area (Å²) in [5.74, 6) is -0.352. The largest absolute Gasteiger partial charge is 0.573 e. The molecule has 1 N–H and O–H groups in total. The van der Waals surface area contributed by atoms with Gasteiger partial charge in [0.1, 0.15) is 5.75 Å². The molecule has 0 spiro atoms. The molecule has 0 aliphatic carbocycles. The maximum Gasteiger partial charge on any atom is 0.573 e. The van der Waals surface area contributed by atoms with Crippen LogP contribution in [0.15, 0.2) is 18.2 Å². The van der Waals surface area contributed by atoms with Gasteiger partial charge in [0.2, 0.25) is 0 Å². The minimum absolute atomic E-state index is 0.252. The summed E-state index contributed by atoms with van der Waals surface area (Å²) in [6.45, 7) is -0.366. The fraction of sp³-hybridized carbons (Fsp3) is 0.250. The number of ether oxygens (including phenoxy) is 1. The minimum Gasteiger partial charge on any atom is -0.406 e. The highest BCUT2D eigenvalue weighted by Gasteiger charge is 2.30. The first-order chi connectivity index (χ1) is 6.01. The van der Waals surface area contributed by atoms with Crippen LogP contribution in [0.4, 0.5) is 13.2 Å². The molecule has 1 aromatic rings. The van der Waals surface area contributed by atoms with Gasteiger partial charge in [-0.15, -0.1) is 13.2 Å². The van der Waals surface area contributed by atoms with Crippen molar-refractivity contribution in [3.8, 4) is 5.75 Å². The van der Waals surface area contributed by atoms with Crippen LogP contribution in [0.3, 0.4) is 0 Å². The van der Waals surface area contributed by atoms with Crippen molar-refractivity contribution < 1.29 is 23.0 Å². The first-order valence-corrected chi connectivity index (χ1v) is 3.38. The first kappa shape index (κ1) is 9.85. The van der Waals surface area contributed by atoms with Crippen LogP contribution < -0.4 is 4.74 Å². The second kappa shape index (κ2) is 3.66. The molecule has 0 amide bonds. The molecule has 0 aromatic heterocycles. The van der Waals surface area contributed by atoms with Gasteiger partial charge in [0.15, 0.2) is 0 Å². The summed E-state index contributed by atoms with van der Waals surface area (Å²) in [6, 6.07) is 6.00. The summed E-state index contributed by atoms with van der Waals surface area (Å²) < 4.78 is 38.7. The first-order valence-electron chi connectivity index (χ1n) is 3.38. The third kappa shape index (κ3) is 3.33. The normalized spacial score (nSPS) is 11.4. The van der Waals surface area contributed by atoms with E-state index in [0.29, 0.717) is 0 Å². The lowest BCUT2D eigenvalue weighted by Crippen LogP contribution is -2.17. The van der Waals surface area contributed by atoms with E-state index in [0.717, 1.165) is 12.1 Å². The van der Waals surface area contributed by atoms with E-state index in [9.17, 15) is 13.2 Å². The van der Waals surface area contributed by atoms with E-state index in [-0.39, 0.29) is 17.9 Å². The number of aliphatic hydroxyl groups excluding tert-OH is 1. The second-order valence-electron chi connectivity index (χ2n) is 2.26. The van der Waals surface area contributed by atoms with Crippen molar-refractivity contribution in [2.45, 2.75) is 13.0 Å². The smallest absolute Gasteiger partial charge is 0.406 e. The maximum atomic E-state index is 11.7. The quantitative estimate of drug-likeness (QED) is 0.773. The fourth-order valence-corrected chi connectivity index (χ4v) is 0.781. The van der Waals surface area contributed by atoms with Crippen LogP contribution in [0.1, 0.15) is 5.56 Å². The Labute approximate surface area is 72.6 Å². The highest BCUT2D eigenvalue weighted by atomic mass is 19.4. The number of benzene rings is 1. The molecule has 5 heteroatoms. The molecule has 0 saturated carbocycles. The Morgan fingerprint density at radius 2 is 2.15 bits per heavy atom. The Hall–Kier alpha value is -1.23. The molecule has 71 valence electrons. The molecule has 2 nitrogen and oxygen atoms in total. The lowest BCUT2D eigenvalue weighted by molar-refractivity contribution is -0.274. The minimum atomic E-state index is -4.70. The monoisotopic (exact) mass is 191 g/mol. The zero-order chi connectivity index (χ0) is 9.90. The van der Waals surface area contributed by atoms with E-state index in [1.807, 2.05) is 0 Å². The van der Waals surface area contributed by atoms with Crippen molar-refractivity contribution >= 4 is 0 Å². The fourth-order valence-electron chi connectivity index (χ4n) is 0.781. The van der Waals surface area contributed by atoms with E-state index in [1.165, 1.54) is 6.07 Å². The highest BCUT2D eigenvalue weighted by Crippen LogP contribution is 2.22. The maximum absolute atomic E-state index is 11.7. The van der Waals surface area contributed by atoms with Gasteiger partial charge in [-0.3, -0.25) is 0 Å². The number of halogens is 3. The predicted octanol–water partition coefficient (Wildman–Crippen LogP) is 1.88. The van der Waals surface area contributed by atoms with Crippen molar-refractivity contribution in [2.24, 2.45) is 0 Å². The number of hydrogen-bond acceptors (Lipinski definition) is 2. The van der Waals surface area contributed by atoms with E-state index in [1.54, 1.807) is 0 Å². The molecule has 13 heavy (non-hydrogen) atoms. The molecule has 0 atom stereocenters. The van der Waals surface area contributed by atoms with Crippen LogP contribution in [0.25, 0.3) is 0 Å². The molecule has 1 aromatic carbocycles. The van der Waals surface area contributed by atoms with Gasteiger partial charge in [-0.1, -0.05) is 6.07 Å². The number of hydrogen-bond donors (Lipinski definition) is 1. The van der Waals surface area contributed by atoms with Crippen molar-refractivity contribution in [2.75, 3.05) is 0 Å². The van der Waals surface area contributed by atoms with E-state index in [2.05, 4.69) is 10.8 Å². The second-order valence-corrected chi connectivity index (χ2v) is 2.26. The Balaban J connectivity index is 2.78. The average molecular weight is 191 g/mol. The summed E-state index contributed by atoms with van der Waals surface area (Å²) in [5.41, 5.74) is 0.252. The molecular weight excluding hydrogens is 185 g/mol. The zero-order valence-corrected chi connectivity index (χ0v) is 6.43. The van der Waals surface area contributed by atoms with Crippen molar-refractivity contribution in [1.29, 1.82) is 0 Å². The molecular formula is C8H6F3O2. The third-order valence-electron chi connectivity index (χ3n) is 1.24. The van der Waals surface area contributed by atoms with E-state index >= 15 is 0 Å². The van der Waals surface area contributed by atoms with Crippen molar-refractivity contribution in [3.05, 3.63) is 29.8 Å². The summed E-state index contributed by atoms with van der Waals surface area (Å²) in [7, 11) is 0. The van der Waals surface area contributed by atoms with Gasteiger partial charge in [0.05, 0.1) is 6.61 Å². The van der Waals surface area contributed by atoms with Gasteiger partial charge in [-0.25, -0.2) is 0 Å². The van der Waals surface area contributed by atoms with Gasteiger partial charge in [-0.05, 0) is 23.8 Å². The molecule has 0 heterocycles. The Kier molecular flexibility index (Phi) is 2.77. The standard InChI is InChI=1S/C8H6F3O2/c9-8(10,11)13-7-3-1-2-6(4-7)5-12/h1,3-4,12H,5H2. The Bertz CT molecular complexity index is 283. The molecule has 1 rings (SSSR count). The van der Waals surface area contributed by atoms with Gasteiger partial charge >= 0.3 is 6.36 Å². The molecule has 1 radical (unpaired) electrons. The SMILES string of the molecule is OCc1[c]ccc(OC(F)(F)F)c1. The Morgan fingerprint density at radius 3 is 2.69 bits per heavy atom. The van der Waals surface area contributed by atoms with Gasteiger partial charge in [0.25, 0.3) is 0 Å². The Morgan fingerprint density at radius 1 is 1.46 bits per heavy atom. The molecule has 0 aliphatic heterocycles. The molecule has 0 aliphatic rings. The van der Waals surface area contributed by atoms with Crippen molar-refractivity contribution in [3.63, 3.8) is 0 Å². The predicted molar refractivity (Wildman–Crippen MR) is 37.9 cm³/mol. The molecule has 0 bridgehead atoms. The van der Waals surface area contributed by atoms with Crippen LogP contribution in [0, 0.1) is 6.07 Å². The summed E-state index contributed by atoms with van der Waals surface area (Å²) in [6.07, 6.45) is -4.70. The van der Waals surface area contributed by atoms with Crippen LogP contribution in [0.5, 0.6) is 5.75 Å². The number of alkyl halides is 3. The van der Waals surface area contributed by atoms with Gasteiger partial charge < -0.3 is 9.84 Å².